The van der Waals surface area contributed by atoms with Crippen LogP contribution >= 0.6 is 11.6 Å². The van der Waals surface area contributed by atoms with Gasteiger partial charge in [-0.2, -0.15) is 5.26 Å². The van der Waals surface area contributed by atoms with E-state index in [-0.39, 0.29) is 28.6 Å². The van der Waals surface area contributed by atoms with E-state index in [0.717, 1.165) is 36.0 Å². The number of ether oxygens (including phenoxy) is 1. The molecule has 2 aromatic carbocycles. The van der Waals surface area contributed by atoms with Gasteiger partial charge in [0.2, 0.25) is 0 Å². The summed E-state index contributed by atoms with van der Waals surface area (Å²) in [5.74, 6) is 4.05. The van der Waals surface area contributed by atoms with Gasteiger partial charge in [-0.05, 0) is 61.1 Å². The van der Waals surface area contributed by atoms with Gasteiger partial charge in [0, 0.05) is 33.9 Å². The highest BCUT2D eigenvalue weighted by atomic mass is 35.5. The number of carbonyl (C=O) groups is 1. The number of fused-ring (bicyclic) bond motifs is 1. The van der Waals surface area contributed by atoms with E-state index < -0.39 is 0 Å². The predicted molar refractivity (Wildman–Crippen MR) is 127 cm³/mol. The Kier molecular flexibility index (Phi) is 5.60. The van der Waals surface area contributed by atoms with Crippen LogP contribution in [0.15, 0.2) is 36.4 Å². The summed E-state index contributed by atoms with van der Waals surface area (Å²) in [6, 6.07) is 13.0. The Morgan fingerprint density at radius 2 is 1.84 bits per heavy atom. The maximum absolute atomic E-state index is 12.9. The fourth-order valence-electron chi connectivity index (χ4n) is 6.30. The van der Waals surface area contributed by atoms with Gasteiger partial charge in [-0.1, -0.05) is 45.2 Å². The van der Waals surface area contributed by atoms with Crippen molar-refractivity contribution in [3.05, 3.63) is 63.7 Å². The molecule has 0 aliphatic heterocycles. The minimum absolute atomic E-state index is 0.0127. The summed E-state index contributed by atoms with van der Waals surface area (Å²) >= 11 is 6.19. The normalized spacial score (nSPS) is 24.7. The van der Waals surface area contributed by atoms with Crippen LogP contribution in [0.4, 0.5) is 0 Å². The third-order valence-corrected chi connectivity index (χ3v) is 7.95. The average Bonchev–Trinajstić information content (AvgIpc) is 3.06. The van der Waals surface area contributed by atoms with E-state index in [1.165, 1.54) is 0 Å². The Bertz CT molecular complexity index is 1150. The van der Waals surface area contributed by atoms with Crippen LogP contribution in [0.5, 0.6) is 5.75 Å². The monoisotopic (exact) mass is 445 g/mol. The molecule has 0 spiro atoms. The summed E-state index contributed by atoms with van der Waals surface area (Å²) in [6.45, 7) is 8.96. The first kappa shape index (κ1) is 22.4. The summed E-state index contributed by atoms with van der Waals surface area (Å²) in [6.07, 6.45) is 8.15. The van der Waals surface area contributed by atoms with E-state index in [4.69, 9.17) is 28.0 Å². The van der Waals surface area contributed by atoms with E-state index in [0.29, 0.717) is 22.3 Å². The zero-order valence-electron chi connectivity index (χ0n) is 19.0. The molecular formula is C28H28ClNO2. The molecule has 2 aliphatic rings. The maximum Gasteiger partial charge on any atom is 0.166 e. The van der Waals surface area contributed by atoms with Crippen LogP contribution in [-0.2, 0) is 6.42 Å². The van der Waals surface area contributed by atoms with Crippen molar-refractivity contribution < 1.29 is 9.53 Å². The van der Waals surface area contributed by atoms with Crippen LogP contribution in [-0.4, -0.2) is 11.9 Å². The van der Waals surface area contributed by atoms with E-state index >= 15 is 0 Å². The van der Waals surface area contributed by atoms with Gasteiger partial charge >= 0.3 is 0 Å². The quantitative estimate of drug-likeness (QED) is 0.496. The molecule has 32 heavy (non-hydrogen) atoms. The van der Waals surface area contributed by atoms with Gasteiger partial charge in [-0.3, -0.25) is 4.79 Å². The molecule has 2 aromatic rings. The van der Waals surface area contributed by atoms with E-state index in [1.807, 2.05) is 24.3 Å². The number of benzene rings is 2. The molecule has 2 aliphatic carbocycles. The van der Waals surface area contributed by atoms with Crippen molar-refractivity contribution in [2.24, 2.45) is 22.7 Å². The lowest BCUT2D eigenvalue weighted by atomic mass is 9.44. The van der Waals surface area contributed by atoms with Crippen molar-refractivity contribution >= 4 is 17.4 Å². The van der Waals surface area contributed by atoms with Crippen molar-refractivity contribution in [2.75, 3.05) is 0 Å². The molecule has 0 aromatic heterocycles. The number of Topliss-reactive ketones (excluding diaryl/α,β-unsaturated/α-hetero) is 1. The summed E-state index contributed by atoms with van der Waals surface area (Å²) in [5, 5.41) is 9.50. The summed E-state index contributed by atoms with van der Waals surface area (Å²) in [5.41, 5.74) is 3.10. The molecule has 1 saturated carbocycles. The number of nitriles is 1. The second-order valence-electron chi connectivity index (χ2n) is 10.3. The van der Waals surface area contributed by atoms with Gasteiger partial charge in [0.1, 0.15) is 17.9 Å². The Hall–Kier alpha value is -2.75. The van der Waals surface area contributed by atoms with E-state index in [9.17, 15) is 4.79 Å². The second-order valence-corrected chi connectivity index (χ2v) is 10.7. The summed E-state index contributed by atoms with van der Waals surface area (Å²) in [7, 11) is 0. The number of terminal acetylenes is 1. The Morgan fingerprint density at radius 3 is 2.47 bits per heavy atom. The molecule has 0 saturated heterocycles. The van der Waals surface area contributed by atoms with Crippen LogP contribution in [0.1, 0.15) is 67.6 Å². The lowest BCUT2D eigenvalue weighted by Crippen LogP contribution is -2.65. The largest absolute Gasteiger partial charge is 0.489 e. The first-order chi connectivity index (χ1) is 15.1. The highest BCUT2D eigenvalue weighted by Crippen LogP contribution is 2.62. The Labute approximate surface area is 195 Å². The minimum Gasteiger partial charge on any atom is -0.489 e. The van der Waals surface area contributed by atoms with Crippen LogP contribution in [0.25, 0.3) is 0 Å². The van der Waals surface area contributed by atoms with E-state index in [1.54, 1.807) is 12.1 Å². The fourth-order valence-corrected chi connectivity index (χ4v) is 6.52. The smallest absolute Gasteiger partial charge is 0.166 e. The van der Waals surface area contributed by atoms with Gasteiger partial charge in [0.05, 0.1) is 10.6 Å². The Morgan fingerprint density at radius 1 is 1.12 bits per heavy atom. The molecule has 0 heterocycles. The van der Waals surface area contributed by atoms with Gasteiger partial charge in [-0.15, -0.1) is 6.42 Å². The lowest BCUT2D eigenvalue weighted by molar-refractivity contribution is -0.201. The number of ketones is 1. The first-order valence-electron chi connectivity index (χ1n) is 11.1. The van der Waals surface area contributed by atoms with Gasteiger partial charge in [0.25, 0.3) is 0 Å². The number of hydrogen-bond acceptors (Lipinski definition) is 3. The van der Waals surface area contributed by atoms with Crippen molar-refractivity contribution in [3.8, 4) is 24.2 Å². The molecule has 4 heteroatoms. The first-order valence-corrected chi connectivity index (χ1v) is 11.5. The van der Waals surface area contributed by atoms with E-state index in [2.05, 4.69) is 39.7 Å². The van der Waals surface area contributed by atoms with Gasteiger partial charge in [0.15, 0.2) is 5.78 Å². The van der Waals surface area contributed by atoms with Gasteiger partial charge in [-0.25, -0.2) is 0 Å². The number of rotatable bonds is 5. The lowest BCUT2D eigenvalue weighted by Gasteiger charge is -2.63. The third-order valence-electron chi connectivity index (χ3n) is 7.64. The Balaban J connectivity index is 1.43. The van der Waals surface area contributed by atoms with Crippen LogP contribution < -0.4 is 4.74 Å². The summed E-state index contributed by atoms with van der Waals surface area (Å²) in [4.78, 5) is 12.9. The molecule has 1 atom stereocenters. The molecule has 164 valence electrons. The number of halogens is 1. The molecule has 0 radical (unpaired) electrons. The number of carbonyl (C=O) groups excluding carboxylic acids is 1. The van der Waals surface area contributed by atoms with Gasteiger partial charge < -0.3 is 4.74 Å². The van der Waals surface area contributed by atoms with Crippen LogP contribution in [0.2, 0.25) is 5.02 Å². The molecule has 1 fully saturated rings. The zero-order chi connectivity index (χ0) is 23.3. The molecule has 0 N–H and O–H groups in total. The zero-order valence-corrected chi connectivity index (χ0v) is 19.8. The molecule has 3 nitrogen and oxygen atoms in total. The molecule has 0 amide bonds. The SMILES string of the molecule is C#Cc1ccc2c(c1)CC(CC[C@H]1C(C)(C)[C@H](Oc3ccc(C#N)c(Cl)c3)C1(C)C)C2=O. The minimum atomic E-state index is -0.0466. The highest BCUT2D eigenvalue weighted by molar-refractivity contribution is 6.31. The molecular weight excluding hydrogens is 418 g/mol. The number of hydrogen-bond donors (Lipinski definition) is 0. The molecule has 4 rings (SSSR count). The fraction of sp³-hybridized carbons (Fsp3) is 0.429. The maximum atomic E-state index is 12.9. The molecule has 0 bridgehead atoms. The molecule has 1 unspecified atom stereocenters. The van der Waals surface area contributed by atoms with Crippen molar-refractivity contribution in [1.29, 1.82) is 5.26 Å². The van der Waals surface area contributed by atoms with Crippen molar-refractivity contribution in [3.63, 3.8) is 0 Å². The average molecular weight is 446 g/mol. The highest BCUT2D eigenvalue weighted by Gasteiger charge is 2.62. The predicted octanol–water partition coefficient (Wildman–Crippen LogP) is 6.46. The second kappa shape index (κ2) is 7.99. The number of nitrogens with zero attached hydrogens (tertiary/aromatic N) is 1. The topological polar surface area (TPSA) is 50.1 Å². The van der Waals surface area contributed by atoms with Crippen LogP contribution in [0, 0.1) is 46.3 Å². The third kappa shape index (κ3) is 3.60. The summed E-state index contributed by atoms with van der Waals surface area (Å²) < 4.78 is 6.38. The van der Waals surface area contributed by atoms with Crippen molar-refractivity contribution in [2.45, 2.75) is 53.1 Å². The van der Waals surface area contributed by atoms with Crippen molar-refractivity contribution in [1.82, 2.24) is 0 Å². The van der Waals surface area contributed by atoms with Crippen LogP contribution in [0.3, 0.4) is 0 Å². The standard InChI is InChI=1S/C28H28ClNO2/c1-6-17-7-11-22-20(13-17)14-18(25(22)31)9-12-24-27(2,3)26(28(24,4)5)32-21-10-8-19(16-30)23(29)15-21/h1,7-8,10-11,13,15,18,24,26H,9,12,14H2,2-5H3/t18?,24-,26-.